The number of aromatic nitrogens is 2. The van der Waals surface area contributed by atoms with Crippen molar-refractivity contribution in [1.82, 2.24) is 9.97 Å². The zero-order valence-electron chi connectivity index (χ0n) is 19.6. The van der Waals surface area contributed by atoms with Gasteiger partial charge in [0.15, 0.2) is 5.82 Å². The molecular weight excluding hydrogens is 422 g/mol. The van der Waals surface area contributed by atoms with Gasteiger partial charge in [-0.25, -0.2) is 9.78 Å². The predicted molar refractivity (Wildman–Crippen MR) is 127 cm³/mol. The van der Waals surface area contributed by atoms with Crippen molar-refractivity contribution >= 4 is 35.0 Å². The molecule has 0 unspecified atom stereocenters. The lowest BCUT2D eigenvalue weighted by Crippen LogP contribution is -2.46. The Hall–Kier alpha value is -3.36. The van der Waals surface area contributed by atoms with Crippen LogP contribution in [-0.2, 0) is 4.79 Å². The van der Waals surface area contributed by atoms with Gasteiger partial charge in [0, 0.05) is 19.6 Å². The average molecular weight is 454 g/mol. The Balaban J connectivity index is 1.81. The first-order valence-corrected chi connectivity index (χ1v) is 11.4. The predicted octanol–water partition coefficient (Wildman–Crippen LogP) is 4.07. The highest BCUT2D eigenvalue weighted by molar-refractivity contribution is 6.01. The second kappa shape index (κ2) is 8.88. The summed E-state index contributed by atoms with van der Waals surface area (Å²) in [4.78, 5) is 38.3. The van der Waals surface area contributed by atoms with E-state index >= 15 is 0 Å². The van der Waals surface area contributed by atoms with E-state index in [0.717, 1.165) is 32.1 Å². The number of nitrogens with one attached hydrogen (secondary N) is 1. The van der Waals surface area contributed by atoms with E-state index in [-0.39, 0.29) is 23.1 Å². The fraction of sp³-hybridized carbons (Fsp3) is 0.500. The molecule has 9 nitrogen and oxygen atoms in total. The van der Waals surface area contributed by atoms with Gasteiger partial charge in [-0.3, -0.25) is 4.79 Å². The second-order valence-electron chi connectivity index (χ2n) is 9.06. The summed E-state index contributed by atoms with van der Waals surface area (Å²) < 4.78 is 5.37. The number of para-hydroxylation sites is 1. The minimum Gasteiger partial charge on any atom is -0.495 e. The molecule has 9 heteroatoms. The highest BCUT2D eigenvalue weighted by Gasteiger charge is 2.43. The fourth-order valence-corrected chi connectivity index (χ4v) is 4.81. The number of carboxylic acids is 1. The Morgan fingerprint density at radius 1 is 1.33 bits per heavy atom. The SMILES string of the molecule is CC[C@]1(C)CN(C2CCCC2)c2nc(Nc3c(OC)cccc3C(=O)O)ncc2N(C)C1=O. The van der Waals surface area contributed by atoms with Crippen LogP contribution in [0.4, 0.5) is 23.1 Å². The number of aromatic carboxylic acids is 1. The van der Waals surface area contributed by atoms with Crippen molar-refractivity contribution < 1.29 is 19.4 Å². The molecule has 2 aromatic rings. The molecule has 0 bridgehead atoms. The Kier molecular flexibility index (Phi) is 6.14. The molecule has 1 atom stereocenters. The summed E-state index contributed by atoms with van der Waals surface area (Å²) in [6.45, 7) is 4.64. The fourth-order valence-electron chi connectivity index (χ4n) is 4.81. The maximum atomic E-state index is 13.3. The van der Waals surface area contributed by atoms with Crippen molar-refractivity contribution in [2.24, 2.45) is 5.41 Å². The Labute approximate surface area is 193 Å². The zero-order valence-corrected chi connectivity index (χ0v) is 19.6. The molecule has 176 valence electrons. The smallest absolute Gasteiger partial charge is 0.337 e. The monoisotopic (exact) mass is 453 g/mol. The molecule has 4 rings (SSSR count). The average Bonchev–Trinajstić information content (AvgIpc) is 3.33. The van der Waals surface area contributed by atoms with E-state index in [4.69, 9.17) is 9.72 Å². The molecule has 1 aromatic heterocycles. The Bertz CT molecular complexity index is 1070. The van der Waals surface area contributed by atoms with Gasteiger partial charge < -0.3 is 25.0 Å². The summed E-state index contributed by atoms with van der Waals surface area (Å²) in [6.07, 6.45) is 6.78. The van der Waals surface area contributed by atoms with Gasteiger partial charge in [0.2, 0.25) is 11.9 Å². The number of methoxy groups -OCH3 is 1. The minimum absolute atomic E-state index is 0.0500. The largest absolute Gasteiger partial charge is 0.495 e. The lowest BCUT2D eigenvalue weighted by Gasteiger charge is -2.35. The van der Waals surface area contributed by atoms with E-state index in [1.807, 2.05) is 13.8 Å². The number of rotatable bonds is 6. The number of anilines is 4. The summed E-state index contributed by atoms with van der Waals surface area (Å²) in [7, 11) is 3.25. The number of hydrogen-bond acceptors (Lipinski definition) is 7. The summed E-state index contributed by atoms with van der Waals surface area (Å²) in [5.41, 5.74) is 0.473. The molecule has 1 amide bonds. The van der Waals surface area contributed by atoms with Crippen LogP contribution >= 0.6 is 0 Å². The third-order valence-electron chi connectivity index (χ3n) is 6.98. The van der Waals surface area contributed by atoms with Gasteiger partial charge in [-0.15, -0.1) is 0 Å². The summed E-state index contributed by atoms with van der Waals surface area (Å²) in [5, 5.41) is 12.7. The lowest BCUT2D eigenvalue weighted by molar-refractivity contribution is -0.126. The third-order valence-corrected chi connectivity index (χ3v) is 6.98. The maximum Gasteiger partial charge on any atom is 0.337 e. The van der Waals surface area contributed by atoms with E-state index in [1.54, 1.807) is 30.3 Å². The molecule has 0 saturated heterocycles. The molecule has 1 aliphatic heterocycles. The summed E-state index contributed by atoms with van der Waals surface area (Å²) in [5.74, 6) is 0.299. The highest BCUT2D eigenvalue weighted by atomic mass is 16.5. The third kappa shape index (κ3) is 4.07. The quantitative estimate of drug-likeness (QED) is 0.674. The van der Waals surface area contributed by atoms with Gasteiger partial charge in [-0.1, -0.05) is 25.8 Å². The zero-order chi connectivity index (χ0) is 23.8. The van der Waals surface area contributed by atoms with Gasteiger partial charge >= 0.3 is 5.97 Å². The normalized spacial score (nSPS) is 21.0. The Morgan fingerprint density at radius 3 is 2.70 bits per heavy atom. The van der Waals surface area contributed by atoms with Gasteiger partial charge in [0.25, 0.3) is 0 Å². The molecule has 1 aromatic carbocycles. The van der Waals surface area contributed by atoms with Crippen molar-refractivity contribution in [2.75, 3.05) is 35.8 Å². The van der Waals surface area contributed by atoms with Crippen LogP contribution in [0, 0.1) is 5.41 Å². The molecule has 0 spiro atoms. The minimum atomic E-state index is -1.08. The van der Waals surface area contributed by atoms with E-state index < -0.39 is 11.4 Å². The van der Waals surface area contributed by atoms with Crippen LogP contribution in [0.25, 0.3) is 0 Å². The van der Waals surface area contributed by atoms with Crippen LogP contribution in [0.1, 0.15) is 56.3 Å². The highest BCUT2D eigenvalue weighted by Crippen LogP contribution is 2.42. The topological polar surface area (TPSA) is 108 Å². The van der Waals surface area contributed by atoms with Crippen molar-refractivity contribution in [1.29, 1.82) is 0 Å². The number of hydrogen-bond donors (Lipinski definition) is 2. The van der Waals surface area contributed by atoms with Crippen LogP contribution in [0.15, 0.2) is 24.4 Å². The van der Waals surface area contributed by atoms with Crippen molar-refractivity contribution in [3.05, 3.63) is 30.0 Å². The summed E-state index contributed by atoms with van der Waals surface area (Å²) >= 11 is 0. The van der Waals surface area contributed by atoms with Gasteiger partial charge in [-0.05, 0) is 38.3 Å². The number of nitrogens with zero attached hydrogens (tertiary/aromatic N) is 4. The van der Waals surface area contributed by atoms with Crippen molar-refractivity contribution in [3.8, 4) is 5.75 Å². The maximum absolute atomic E-state index is 13.3. The molecular formula is C24H31N5O4. The first-order chi connectivity index (χ1) is 15.8. The number of carbonyl (C=O) groups is 2. The molecule has 0 radical (unpaired) electrons. The van der Waals surface area contributed by atoms with E-state index in [0.29, 0.717) is 29.8 Å². The number of amides is 1. The van der Waals surface area contributed by atoms with Crippen molar-refractivity contribution in [3.63, 3.8) is 0 Å². The standard InChI is InChI=1S/C24H31N5O4/c1-5-24(2)14-29(15-9-6-7-10-15)20-17(28(3)22(24)32)13-25-23(27-20)26-19-16(21(30)31)11-8-12-18(19)33-4/h8,11-13,15H,5-7,9-10,14H2,1-4H3,(H,30,31)(H,25,26,27)/t24-/m1/s1. The second-order valence-corrected chi connectivity index (χ2v) is 9.06. The van der Waals surface area contributed by atoms with Crippen LogP contribution in [-0.4, -0.2) is 53.7 Å². The van der Waals surface area contributed by atoms with Crippen LogP contribution < -0.4 is 19.9 Å². The summed E-state index contributed by atoms with van der Waals surface area (Å²) in [6, 6.07) is 5.11. The molecule has 33 heavy (non-hydrogen) atoms. The first-order valence-electron chi connectivity index (χ1n) is 11.4. The van der Waals surface area contributed by atoms with E-state index in [1.165, 1.54) is 13.2 Å². The molecule has 1 saturated carbocycles. The van der Waals surface area contributed by atoms with Gasteiger partial charge in [-0.2, -0.15) is 4.98 Å². The molecule has 2 N–H and O–H groups in total. The number of benzene rings is 1. The molecule has 2 aliphatic rings. The number of fused-ring (bicyclic) bond motifs is 1. The van der Waals surface area contributed by atoms with E-state index in [9.17, 15) is 14.7 Å². The van der Waals surface area contributed by atoms with Gasteiger partial charge in [0.05, 0.1) is 30.0 Å². The van der Waals surface area contributed by atoms with Crippen LogP contribution in [0.3, 0.4) is 0 Å². The van der Waals surface area contributed by atoms with Crippen molar-refractivity contribution in [2.45, 2.75) is 52.0 Å². The van der Waals surface area contributed by atoms with E-state index in [2.05, 4.69) is 15.2 Å². The number of carbonyl (C=O) groups excluding carboxylic acids is 1. The molecule has 2 heterocycles. The molecule has 1 aliphatic carbocycles. The lowest BCUT2D eigenvalue weighted by atomic mass is 9.85. The van der Waals surface area contributed by atoms with Crippen LogP contribution in [0.5, 0.6) is 5.75 Å². The number of carboxylic acid groups (broad SMARTS) is 1. The number of ether oxygens (including phenoxy) is 1. The van der Waals surface area contributed by atoms with Gasteiger partial charge in [0.1, 0.15) is 11.4 Å². The molecule has 1 fully saturated rings. The van der Waals surface area contributed by atoms with Crippen LogP contribution in [0.2, 0.25) is 0 Å². The Morgan fingerprint density at radius 2 is 2.06 bits per heavy atom. The first kappa shape index (κ1) is 22.8.